The molecular formula is C4H7NO8S. The summed E-state index contributed by atoms with van der Waals surface area (Å²) in [7, 11) is -4.67. The minimum Gasteiger partial charge on any atom is -0.387 e. The molecule has 0 aromatic carbocycles. The van der Waals surface area contributed by atoms with E-state index in [4.69, 9.17) is 22.7 Å². The quantitative estimate of drug-likeness (QED) is 0.164. The maximum absolute atomic E-state index is 9.92. The van der Waals surface area contributed by atoms with E-state index < -0.39 is 22.3 Å². The Bertz CT molecular complexity index is 292. The molecule has 0 aromatic heterocycles. The number of rotatable bonds is 0. The highest BCUT2D eigenvalue weighted by atomic mass is 32.3. The van der Waals surface area contributed by atoms with Crippen molar-refractivity contribution in [2.24, 2.45) is 5.90 Å². The summed E-state index contributed by atoms with van der Waals surface area (Å²) in [6.45, 7) is 0. The van der Waals surface area contributed by atoms with Gasteiger partial charge in [0.25, 0.3) is 0 Å². The van der Waals surface area contributed by atoms with Crippen molar-refractivity contribution in [2.75, 3.05) is 0 Å². The van der Waals surface area contributed by atoms with Crippen LogP contribution in [0.1, 0.15) is 0 Å². The second-order valence-electron chi connectivity index (χ2n) is 1.52. The molecule has 0 radical (unpaired) electrons. The molecule has 1 rings (SSSR count). The molecule has 0 amide bonds. The lowest BCUT2D eigenvalue weighted by molar-refractivity contribution is -0.150. The summed E-state index contributed by atoms with van der Waals surface area (Å²) in [5.74, 6) is 2.34. The fourth-order valence-electron chi connectivity index (χ4n) is 0.303. The van der Waals surface area contributed by atoms with Gasteiger partial charge in [0.2, 0.25) is 0 Å². The van der Waals surface area contributed by atoms with Crippen molar-refractivity contribution >= 4 is 22.3 Å². The predicted octanol–water partition coefficient (Wildman–Crippen LogP) is -1.69. The number of carbonyl (C=O) groups excluding carboxylic acids is 2. The molecule has 0 aromatic rings. The fraction of sp³-hybridized carbons (Fsp3) is 0. The van der Waals surface area contributed by atoms with Gasteiger partial charge in [-0.25, -0.2) is 15.5 Å². The normalized spacial score (nSPS) is 13.4. The molecule has 0 aliphatic carbocycles. The summed E-state index contributed by atoms with van der Waals surface area (Å²) >= 11 is 0. The fourth-order valence-corrected chi connectivity index (χ4v) is 0.303. The lowest BCUT2D eigenvalue weighted by Crippen LogP contribution is -1.96. The van der Waals surface area contributed by atoms with Crippen molar-refractivity contribution in [1.29, 1.82) is 0 Å². The molecule has 0 saturated heterocycles. The van der Waals surface area contributed by atoms with Gasteiger partial charge < -0.3 is 9.94 Å². The van der Waals surface area contributed by atoms with Gasteiger partial charge in [-0.2, -0.15) is 8.42 Å². The zero-order valence-corrected chi connectivity index (χ0v) is 7.34. The SMILES string of the molecule is NO.O=C1C=CC(=O)O1.O=S(=O)(O)O. The van der Waals surface area contributed by atoms with E-state index in [1.807, 2.05) is 0 Å². The standard InChI is InChI=1S/C4H2O3.H3NO.H2O4S/c5-3-1-2-4(6)7-3;1-2;1-5(2,3)4/h1-2H;2H,1H2;(H2,1,2,3,4). The maximum Gasteiger partial charge on any atom is 0.394 e. The van der Waals surface area contributed by atoms with E-state index in [0.717, 1.165) is 12.2 Å². The van der Waals surface area contributed by atoms with Gasteiger partial charge >= 0.3 is 22.3 Å². The molecule has 0 saturated carbocycles. The van der Waals surface area contributed by atoms with Crippen molar-refractivity contribution in [1.82, 2.24) is 0 Å². The molecule has 0 atom stereocenters. The van der Waals surface area contributed by atoms with Crippen molar-refractivity contribution in [3.8, 4) is 0 Å². The molecular weight excluding hydrogens is 222 g/mol. The van der Waals surface area contributed by atoms with Crippen LogP contribution in [0.4, 0.5) is 0 Å². The van der Waals surface area contributed by atoms with E-state index in [1.54, 1.807) is 0 Å². The van der Waals surface area contributed by atoms with Gasteiger partial charge in [-0.05, 0) is 0 Å². The number of carbonyl (C=O) groups is 2. The van der Waals surface area contributed by atoms with Crippen molar-refractivity contribution in [3.05, 3.63) is 12.2 Å². The Balaban J connectivity index is 0. The smallest absolute Gasteiger partial charge is 0.387 e. The van der Waals surface area contributed by atoms with Crippen molar-refractivity contribution in [2.45, 2.75) is 0 Å². The van der Waals surface area contributed by atoms with E-state index in [0.29, 0.717) is 0 Å². The van der Waals surface area contributed by atoms with Crippen LogP contribution in [0.25, 0.3) is 0 Å². The summed E-state index contributed by atoms with van der Waals surface area (Å²) in [6.07, 6.45) is 2.17. The van der Waals surface area contributed by atoms with E-state index in [2.05, 4.69) is 10.6 Å². The monoisotopic (exact) mass is 229 g/mol. The van der Waals surface area contributed by atoms with Crippen LogP contribution >= 0.6 is 0 Å². The number of cyclic esters (lactones) is 2. The summed E-state index contributed by atoms with van der Waals surface area (Å²) in [5.41, 5.74) is 0. The third-order valence-corrected chi connectivity index (χ3v) is 0.557. The first-order chi connectivity index (χ1) is 6.29. The Hall–Kier alpha value is -1.33. The Kier molecular flexibility index (Phi) is 7.70. The molecule has 0 fully saturated rings. The van der Waals surface area contributed by atoms with Gasteiger partial charge in [0.15, 0.2) is 0 Å². The molecule has 82 valence electrons. The first kappa shape index (κ1) is 15.2. The number of hydrogen-bond acceptors (Lipinski definition) is 7. The molecule has 9 nitrogen and oxygen atoms in total. The van der Waals surface area contributed by atoms with Crippen molar-refractivity contribution < 1.29 is 37.1 Å². The third kappa shape index (κ3) is 17.0. The minimum absolute atomic E-state index is 0.579. The van der Waals surface area contributed by atoms with E-state index in [1.165, 1.54) is 0 Å². The Morgan fingerprint density at radius 2 is 1.29 bits per heavy atom. The average molecular weight is 229 g/mol. The molecule has 10 heteroatoms. The summed E-state index contributed by atoms with van der Waals surface area (Å²) < 4.78 is 35.6. The van der Waals surface area contributed by atoms with E-state index in [-0.39, 0.29) is 0 Å². The van der Waals surface area contributed by atoms with Crippen LogP contribution in [0.2, 0.25) is 0 Å². The Labute approximate surface area is 78.3 Å². The van der Waals surface area contributed by atoms with Crippen LogP contribution in [-0.2, 0) is 24.7 Å². The first-order valence-corrected chi connectivity index (χ1v) is 4.08. The number of ether oxygens (including phenoxy) is 1. The number of hydrogen-bond donors (Lipinski definition) is 4. The summed E-state index contributed by atoms with van der Waals surface area (Å²) in [4.78, 5) is 19.8. The summed E-state index contributed by atoms with van der Waals surface area (Å²) in [5, 5.41) is 6.50. The van der Waals surface area contributed by atoms with Crippen LogP contribution in [0.3, 0.4) is 0 Å². The second-order valence-corrected chi connectivity index (χ2v) is 2.42. The Morgan fingerprint density at radius 3 is 1.36 bits per heavy atom. The largest absolute Gasteiger partial charge is 0.394 e. The minimum atomic E-state index is -4.67. The third-order valence-electron chi connectivity index (χ3n) is 0.557. The predicted molar refractivity (Wildman–Crippen MR) is 40.4 cm³/mol. The van der Waals surface area contributed by atoms with Crippen LogP contribution < -0.4 is 5.90 Å². The molecule has 0 bridgehead atoms. The molecule has 1 heterocycles. The van der Waals surface area contributed by atoms with E-state index in [9.17, 15) is 9.59 Å². The van der Waals surface area contributed by atoms with Gasteiger partial charge in [0.1, 0.15) is 0 Å². The van der Waals surface area contributed by atoms with Crippen LogP contribution in [0.15, 0.2) is 12.2 Å². The molecule has 1 aliphatic heterocycles. The first-order valence-electron chi connectivity index (χ1n) is 2.68. The number of esters is 2. The van der Waals surface area contributed by atoms with Gasteiger partial charge in [0, 0.05) is 12.2 Å². The van der Waals surface area contributed by atoms with Crippen LogP contribution in [-0.4, -0.2) is 34.7 Å². The molecule has 0 spiro atoms. The second kappa shape index (κ2) is 7.11. The lowest BCUT2D eigenvalue weighted by Gasteiger charge is -1.80. The van der Waals surface area contributed by atoms with Crippen LogP contribution in [0, 0.1) is 0 Å². The van der Waals surface area contributed by atoms with Gasteiger partial charge in [-0.15, -0.1) is 0 Å². The van der Waals surface area contributed by atoms with Gasteiger partial charge in [-0.3, -0.25) is 9.11 Å². The van der Waals surface area contributed by atoms with E-state index >= 15 is 0 Å². The number of nitrogens with two attached hydrogens (primary N) is 1. The molecule has 0 unspecified atom stereocenters. The van der Waals surface area contributed by atoms with Crippen LogP contribution in [0.5, 0.6) is 0 Å². The lowest BCUT2D eigenvalue weighted by atomic mass is 10.6. The molecule has 14 heavy (non-hydrogen) atoms. The topological polar surface area (TPSA) is 164 Å². The molecule has 5 N–H and O–H groups in total. The zero-order valence-electron chi connectivity index (χ0n) is 6.52. The highest BCUT2D eigenvalue weighted by Gasteiger charge is 2.10. The van der Waals surface area contributed by atoms with Crippen molar-refractivity contribution in [3.63, 3.8) is 0 Å². The maximum atomic E-state index is 9.92. The Morgan fingerprint density at radius 1 is 1.07 bits per heavy atom. The summed E-state index contributed by atoms with van der Waals surface area (Å²) in [6, 6.07) is 0. The average Bonchev–Trinajstić information content (AvgIpc) is 2.35. The van der Waals surface area contributed by atoms with Gasteiger partial charge in [0.05, 0.1) is 0 Å². The highest BCUT2D eigenvalue weighted by molar-refractivity contribution is 7.79. The molecule has 1 aliphatic rings. The highest BCUT2D eigenvalue weighted by Crippen LogP contribution is 1.92. The van der Waals surface area contributed by atoms with Gasteiger partial charge in [-0.1, -0.05) is 0 Å². The zero-order chi connectivity index (χ0) is 11.8.